The van der Waals surface area contributed by atoms with Crippen LogP contribution in [0, 0.1) is 0 Å². The number of hydrogen-bond acceptors (Lipinski definition) is 4. The smallest absolute Gasteiger partial charge is 0.267 e. The third-order valence-corrected chi connectivity index (χ3v) is 3.96. The van der Waals surface area contributed by atoms with Gasteiger partial charge in [-0.15, -0.1) is 0 Å². The molecular weight excluding hydrogens is 252 g/mol. The monoisotopic (exact) mass is 276 g/mol. The number of likely N-dealkylation sites (N-methyl/N-ethyl adjacent to an activating group) is 1. The van der Waals surface area contributed by atoms with Crippen molar-refractivity contribution in [1.82, 2.24) is 9.88 Å². The highest BCUT2D eigenvalue weighted by Crippen LogP contribution is 2.33. The van der Waals surface area contributed by atoms with Crippen LogP contribution in [0.5, 0.6) is 0 Å². The zero-order valence-corrected chi connectivity index (χ0v) is 12.5. The van der Waals surface area contributed by atoms with Crippen LogP contribution in [0.2, 0.25) is 0 Å². The minimum Gasteiger partial charge on any atom is -0.364 e. The number of pyridine rings is 1. The zero-order valence-electron chi connectivity index (χ0n) is 12.5. The van der Waals surface area contributed by atoms with Gasteiger partial charge < -0.3 is 15.5 Å². The van der Waals surface area contributed by atoms with E-state index in [0.717, 1.165) is 18.8 Å². The molecule has 2 unspecified atom stereocenters. The molecule has 2 fully saturated rings. The van der Waals surface area contributed by atoms with Crippen molar-refractivity contribution in [2.24, 2.45) is 5.73 Å². The molecule has 3 heterocycles. The number of likely N-dealkylation sites (tertiary alicyclic amines) is 1. The minimum absolute atomic E-state index is 0.334. The molecule has 2 aliphatic rings. The maximum Gasteiger partial charge on any atom is 0.267 e. The second kappa shape index (κ2) is 6.22. The lowest BCUT2D eigenvalue weighted by Gasteiger charge is -2.40. The van der Waals surface area contributed by atoms with E-state index in [9.17, 15) is 4.79 Å². The van der Waals surface area contributed by atoms with E-state index in [1.807, 2.05) is 19.9 Å². The van der Waals surface area contributed by atoms with E-state index in [4.69, 9.17) is 5.73 Å². The molecule has 0 saturated carbocycles. The summed E-state index contributed by atoms with van der Waals surface area (Å²) in [7, 11) is 2.18. The summed E-state index contributed by atoms with van der Waals surface area (Å²) in [6.07, 6.45) is 4.26. The summed E-state index contributed by atoms with van der Waals surface area (Å²) in [5.74, 6) is -0.470. The Kier molecular flexibility index (Phi) is 4.60. The van der Waals surface area contributed by atoms with E-state index < -0.39 is 5.91 Å². The molecule has 2 atom stereocenters. The minimum atomic E-state index is -0.470. The molecule has 5 nitrogen and oxygen atoms in total. The number of primary amides is 1. The van der Waals surface area contributed by atoms with E-state index in [0.29, 0.717) is 17.8 Å². The SMILES string of the molecule is CC.CN1CC2CCC(C1)N2c1ccc(C(N)=O)nc1. The van der Waals surface area contributed by atoms with Crippen LogP contribution in [0.15, 0.2) is 18.3 Å². The molecule has 2 aliphatic heterocycles. The normalized spacial score (nSPS) is 25.1. The molecule has 0 aromatic carbocycles. The standard InChI is InChI=1S/C13H18N4O.C2H6/c1-16-7-10-2-3-11(8-16)17(10)9-4-5-12(13(14)18)15-6-9;1-2/h4-6,10-11H,2-3,7-8H2,1H3,(H2,14,18);1-2H3. The van der Waals surface area contributed by atoms with Gasteiger partial charge in [0.2, 0.25) is 0 Å². The average Bonchev–Trinajstić information content (AvgIpc) is 2.73. The first kappa shape index (κ1) is 14.8. The maximum absolute atomic E-state index is 11.0. The summed E-state index contributed by atoms with van der Waals surface area (Å²) in [5.41, 5.74) is 6.65. The Hall–Kier alpha value is -1.62. The number of nitrogens with two attached hydrogens (primary N) is 1. The van der Waals surface area contributed by atoms with Crippen LogP contribution in [0.25, 0.3) is 0 Å². The van der Waals surface area contributed by atoms with Crippen LogP contribution in [0.1, 0.15) is 37.2 Å². The first-order valence-corrected chi connectivity index (χ1v) is 7.38. The first-order chi connectivity index (χ1) is 9.65. The quantitative estimate of drug-likeness (QED) is 0.889. The van der Waals surface area contributed by atoms with Gasteiger partial charge in [0.15, 0.2) is 0 Å². The fraction of sp³-hybridized carbons (Fsp3) is 0.600. The second-order valence-electron chi connectivity index (χ2n) is 5.28. The number of carbonyl (C=O) groups excluding carboxylic acids is 1. The van der Waals surface area contributed by atoms with Gasteiger partial charge in [0.1, 0.15) is 5.69 Å². The molecule has 2 bridgehead atoms. The number of amides is 1. The van der Waals surface area contributed by atoms with Gasteiger partial charge >= 0.3 is 0 Å². The zero-order chi connectivity index (χ0) is 14.7. The van der Waals surface area contributed by atoms with E-state index in [1.54, 1.807) is 12.3 Å². The van der Waals surface area contributed by atoms with Gasteiger partial charge in [-0.3, -0.25) is 4.79 Å². The molecule has 1 aromatic rings. The number of piperazine rings is 1. The van der Waals surface area contributed by atoms with Crippen molar-refractivity contribution in [3.63, 3.8) is 0 Å². The molecule has 110 valence electrons. The lowest BCUT2D eigenvalue weighted by molar-refractivity contribution is 0.0995. The number of rotatable bonds is 2. The van der Waals surface area contributed by atoms with Crippen molar-refractivity contribution in [2.75, 3.05) is 25.0 Å². The van der Waals surface area contributed by atoms with Gasteiger partial charge in [-0.1, -0.05) is 13.8 Å². The van der Waals surface area contributed by atoms with Gasteiger partial charge in [0.05, 0.1) is 11.9 Å². The van der Waals surface area contributed by atoms with E-state index in [2.05, 4.69) is 21.8 Å². The maximum atomic E-state index is 11.0. The number of carbonyl (C=O) groups is 1. The van der Waals surface area contributed by atoms with Gasteiger partial charge in [-0.2, -0.15) is 0 Å². The van der Waals surface area contributed by atoms with Crippen molar-refractivity contribution in [3.8, 4) is 0 Å². The van der Waals surface area contributed by atoms with Crippen molar-refractivity contribution >= 4 is 11.6 Å². The molecule has 2 saturated heterocycles. The molecule has 1 amide bonds. The third-order valence-electron chi connectivity index (χ3n) is 3.96. The lowest BCUT2D eigenvalue weighted by atomic mass is 10.1. The van der Waals surface area contributed by atoms with Gasteiger partial charge in [0.25, 0.3) is 5.91 Å². The summed E-state index contributed by atoms with van der Waals surface area (Å²) in [4.78, 5) is 20.0. The summed E-state index contributed by atoms with van der Waals surface area (Å²) in [6.45, 7) is 6.21. The highest BCUT2D eigenvalue weighted by Gasteiger charge is 2.38. The van der Waals surface area contributed by atoms with Crippen LogP contribution >= 0.6 is 0 Å². The highest BCUT2D eigenvalue weighted by atomic mass is 16.1. The van der Waals surface area contributed by atoms with Crippen LogP contribution in [-0.2, 0) is 0 Å². The Morgan fingerprint density at radius 2 is 1.85 bits per heavy atom. The fourth-order valence-electron chi connectivity index (χ4n) is 3.22. The van der Waals surface area contributed by atoms with Crippen molar-refractivity contribution in [1.29, 1.82) is 0 Å². The number of nitrogens with zero attached hydrogens (tertiary/aromatic N) is 3. The molecule has 0 aliphatic carbocycles. The predicted octanol–water partition coefficient (Wildman–Crippen LogP) is 1.49. The highest BCUT2D eigenvalue weighted by molar-refractivity contribution is 5.90. The topological polar surface area (TPSA) is 62.5 Å². The molecule has 3 rings (SSSR count). The van der Waals surface area contributed by atoms with Crippen molar-refractivity contribution in [2.45, 2.75) is 38.8 Å². The molecule has 5 heteroatoms. The first-order valence-electron chi connectivity index (χ1n) is 7.38. The Labute approximate surface area is 120 Å². The summed E-state index contributed by atoms with van der Waals surface area (Å²) in [6, 6.07) is 4.84. The Morgan fingerprint density at radius 1 is 1.25 bits per heavy atom. The Morgan fingerprint density at radius 3 is 2.30 bits per heavy atom. The van der Waals surface area contributed by atoms with E-state index in [-0.39, 0.29) is 0 Å². The number of anilines is 1. The lowest BCUT2D eigenvalue weighted by Crippen LogP contribution is -2.52. The van der Waals surface area contributed by atoms with Crippen molar-refractivity contribution < 1.29 is 4.79 Å². The van der Waals surface area contributed by atoms with Crippen LogP contribution < -0.4 is 10.6 Å². The Bertz CT molecular complexity index is 445. The molecule has 0 spiro atoms. The number of hydrogen-bond donors (Lipinski definition) is 1. The van der Waals surface area contributed by atoms with Gasteiger partial charge in [0, 0.05) is 25.2 Å². The van der Waals surface area contributed by atoms with Crippen LogP contribution in [0.3, 0.4) is 0 Å². The number of fused-ring (bicyclic) bond motifs is 2. The average molecular weight is 276 g/mol. The number of aromatic nitrogens is 1. The van der Waals surface area contributed by atoms with Gasteiger partial charge in [-0.05, 0) is 32.0 Å². The van der Waals surface area contributed by atoms with Gasteiger partial charge in [-0.25, -0.2) is 4.98 Å². The predicted molar refractivity (Wildman–Crippen MR) is 80.9 cm³/mol. The van der Waals surface area contributed by atoms with E-state index >= 15 is 0 Å². The largest absolute Gasteiger partial charge is 0.364 e. The molecule has 1 aromatic heterocycles. The molecule has 2 N–H and O–H groups in total. The fourth-order valence-corrected chi connectivity index (χ4v) is 3.22. The van der Waals surface area contributed by atoms with Crippen LogP contribution in [0.4, 0.5) is 5.69 Å². The third kappa shape index (κ3) is 2.77. The molecule has 0 radical (unpaired) electrons. The molecular formula is C15H24N4O. The van der Waals surface area contributed by atoms with Crippen molar-refractivity contribution in [3.05, 3.63) is 24.0 Å². The molecule has 20 heavy (non-hydrogen) atoms. The Balaban J connectivity index is 0.000000704. The van der Waals surface area contributed by atoms with E-state index in [1.165, 1.54) is 12.8 Å². The summed E-state index contributed by atoms with van der Waals surface area (Å²) < 4.78 is 0. The summed E-state index contributed by atoms with van der Waals surface area (Å²) in [5, 5.41) is 0. The van der Waals surface area contributed by atoms with Crippen LogP contribution in [-0.4, -0.2) is 48.0 Å². The summed E-state index contributed by atoms with van der Waals surface area (Å²) >= 11 is 0. The second-order valence-corrected chi connectivity index (χ2v) is 5.28.